The maximum Gasteiger partial charge on any atom is 0.243 e. The van der Waals surface area contributed by atoms with Gasteiger partial charge in [-0.2, -0.15) is 0 Å². The summed E-state index contributed by atoms with van der Waals surface area (Å²) >= 11 is 0. The molecule has 0 spiro atoms. The first kappa shape index (κ1) is 57.0. The number of morpholine rings is 1. The van der Waals surface area contributed by atoms with E-state index < -0.39 is 34.9 Å². The van der Waals surface area contributed by atoms with Crippen molar-refractivity contribution in [2.75, 3.05) is 68.0 Å². The minimum absolute atomic E-state index is 0.0448. The van der Waals surface area contributed by atoms with Gasteiger partial charge in [-0.05, 0) is 57.4 Å². The van der Waals surface area contributed by atoms with E-state index in [-0.39, 0.29) is 83.7 Å². The summed E-state index contributed by atoms with van der Waals surface area (Å²) in [6.07, 6.45) is 8.14. The number of benzene rings is 2. The number of aromatic hydroxyl groups is 2. The third-order valence-corrected chi connectivity index (χ3v) is 10.6. The fourth-order valence-corrected chi connectivity index (χ4v) is 7.62. The minimum atomic E-state index is -1.05. The second-order valence-corrected chi connectivity index (χ2v) is 14.2. The smallest absolute Gasteiger partial charge is 0.243 e. The largest absolute Gasteiger partial charge is 0.507 e. The number of nitrogens with one attached hydrogen (secondary N) is 1. The number of methoxy groups -OCH3 is 3. The molecule has 16 heteroatoms. The van der Waals surface area contributed by atoms with Crippen molar-refractivity contribution in [1.29, 1.82) is 0 Å². The number of carbonyl (C=O) groups excluding carboxylic acids is 4. The van der Waals surface area contributed by atoms with Gasteiger partial charge in [-0.3, -0.25) is 24.5 Å². The number of fused-ring (bicyclic) bond motifs is 3. The first-order chi connectivity index (χ1) is 30.5. The highest BCUT2D eigenvalue weighted by Crippen LogP contribution is 2.47. The number of hydrogen-bond donors (Lipinski definition) is 5. The Hall–Kier alpha value is -4.00. The van der Waals surface area contributed by atoms with Crippen molar-refractivity contribution < 1.29 is 67.7 Å². The van der Waals surface area contributed by atoms with E-state index in [4.69, 9.17) is 44.0 Å². The molecule has 1 saturated carbocycles. The normalized spacial score (nSPS) is 20.2. The first-order valence-electron chi connectivity index (χ1n) is 22.4. The maximum atomic E-state index is 13.4. The van der Waals surface area contributed by atoms with E-state index in [1.807, 2.05) is 41.5 Å². The average molecular weight is 893 g/mol. The molecule has 0 unspecified atom stereocenters. The number of primary amides is 1. The van der Waals surface area contributed by atoms with Crippen molar-refractivity contribution in [2.45, 2.75) is 130 Å². The molecule has 7 rings (SSSR count). The molecule has 3 fully saturated rings. The summed E-state index contributed by atoms with van der Waals surface area (Å²) in [7, 11) is 5.75. The van der Waals surface area contributed by atoms with Crippen molar-refractivity contribution in [2.24, 2.45) is 11.7 Å². The molecule has 5 aliphatic rings. The monoisotopic (exact) mass is 893 g/mol. The summed E-state index contributed by atoms with van der Waals surface area (Å²) < 4.78 is 37.1. The van der Waals surface area contributed by atoms with Gasteiger partial charge in [0.05, 0.1) is 37.0 Å². The van der Waals surface area contributed by atoms with Crippen molar-refractivity contribution in [3.63, 3.8) is 0 Å². The van der Waals surface area contributed by atoms with Gasteiger partial charge in [0.1, 0.15) is 36.7 Å². The zero-order valence-electron chi connectivity index (χ0n) is 39.4. The summed E-state index contributed by atoms with van der Waals surface area (Å²) in [5.41, 5.74) is 5.48. The van der Waals surface area contributed by atoms with E-state index in [1.54, 1.807) is 26.4 Å². The molecule has 2 aromatic rings. The number of carbonyl (C=O) groups is 4. The van der Waals surface area contributed by atoms with Gasteiger partial charge in [-0.1, -0.05) is 60.1 Å². The Kier molecular flexibility index (Phi) is 28.0. The number of ether oxygens (including phenoxy) is 7. The van der Waals surface area contributed by atoms with Crippen LogP contribution >= 0.6 is 0 Å². The van der Waals surface area contributed by atoms with E-state index in [1.165, 1.54) is 26.0 Å². The number of hydrogen-bond acceptors (Lipinski definition) is 15. The van der Waals surface area contributed by atoms with Crippen LogP contribution in [0.2, 0.25) is 0 Å². The van der Waals surface area contributed by atoms with Crippen molar-refractivity contribution in [3.8, 4) is 17.2 Å². The van der Waals surface area contributed by atoms with Crippen LogP contribution in [0.25, 0.3) is 0 Å². The molecule has 0 aromatic heterocycles. The second kappa shape index (κ2) is 31.0. The lowest BCUT2D eigenvalue weighted by Crippen LogP contribution is -2.42. The summed E-state index contributed by atoms with van der Waals surface area (Å²) in [5, 5.41) is 32.5. The number of amides is 1. The number of Topliss-reactive ketones (excluding diaryl/α,β-unsaturated/α-hetero) is 1. The number of nitrogens with two attached hydrogens (primary N) is 1. The maximum absolute atomic E-state index is 13.4. The molecule has 2 aliphatic heterocycles. The van der Waals surface area contributed by atoms with Crippen LogP contribution in [0, 0.1) is 5.92 Å². The fourth-order valence-electron chi connectivity index (χ4n) is 7.62. The van der Waals surface area contributed by atoms with Crippen LogP contribution in [0.1, 0.15) is 142 Å². The highest BCUT2D eigenvalue weighted by Gasteiger charge is 2.42. The van der Waals surface area contributed by atoms with E-state index in [0.717, 1.165) is 52.6 Å². The van der Waals surface area contributed by atoms with Crippen LogP contribution in [0.5, 0.6) is 17.2 Å². The predicted octanol–water partition coefficient (Wildman–Crippen LogP) is 6.16. The zero-order chi connectivity index (χ0) is 47.5. The van der Waals surface area contributed by atoms with Crippen LogP contribution in [0.4, 0.5) is 0 Å². The number of phenols is 2. The topological polar surface area (TPSA) is 232 Å². The Balaban J connectivity index is 0.000000677. The van der Waals surface area contributed by atoms with Crippen LogP contribution in [-0.2, 0) is 50.9 Å². The van der Waals surface area contributed by atoms with E-state index >= 15 is 0 Å². The van der Waals surface area contributed by atoms with Gasteiger partial charge in [0.25, 0.3) is 0 Å². The molecule has 63 heavy (non-hydrogen) atoms. The van der Waals surface area contributed by atoms with E-state index in [0.29, 0.717) is 31.4 Å². The highest BCUT2D eigenvalue weighted by molar-refractivity contribution is 6.31. The molecule has 358 valence electrons. The van der Waals surface area contributed by atoms with Crippen molar-refractivity contribution in [1.82, 2.24) is 5.32 Å². The lowest BCUT2D eigenvalue weighted by atomic mass is 9.75. The molecule has 6 N–H and O–H groups in total. The summed E-state index contributed by atoms with van der Waals surface area (Å²) in [6, 6.07) is 4.60. The van der Waals surface area contributed by atoms with Crippen LogP contribution in [0.15, 0.2) is 18.2 Å². The van der Waals surface area contributed by atoms with Crippen LogP contribution in [0.3, 0.4) is 0 Å². The van der Waals surface area contributed by atoms with Gasteiger partial charge in [0.2, 0.25) is 11.7 Å². The lowest BCUT2D eigenvalue weighted by Gasteiger charge is -2.37. The summed E-state index contributed by atoms with van der Waals surface area (Å²) in [6.45, 7) is 14.7. The summed E-state index contributed by atoms with van der Waals surface area (Å²) in [4.78, 5) is 51.3. The van der Waals surface area contributed by atoms with E-state index in [9.17, 15) is 29.4 Å². The van der Waals surface area contributed by atoms with Gasteiger partial charge in [-0.25, -0.2) is 0 Å². The van der Waals surface area contributed by atoms with Gasteiger partial charge in [0.15, 0.2) is 23.6 Å². The zero-order valence-corrected chi connectivity index (χ0v) is 39.4. The number of aliphatic hydroxyl groups excluding tert-OH is 1. The number of aliphatic hydroxyl groups is 1. The van der Waals surface area contributed by atoms with Crippen LogP contribution < -0.4 is 15.8 Å². The first-order valence-corrected chi connectivity index (χ1v) is 22.4. The molecule has 2 aromatic carbocycles. The van der Waals surface area contributed by atoms with Gasteiger partial charge in [-0.15, -0.1) is 0 Å². The second-order valence-electron chi connectivity index (χ2n) is 14.2. The average Bonchev–Trinajstić information content (AvgIpc) is 3.36. The predicted molar refractivity (Wildman–Crippen MR) is 239 cm³/mol. The lowest BCUT2D eigenvalue weighted by molar-refractivity contribution is -0.248. The molecule has 3 atom stereocenters. The minimum Gasteiger partial charge on any atom is -0.507 e. The number of rotatable bonds is 10. The third-order valence-electron chi connectivity index (χ3n) is 10.6. The van der Waals surface area contributed by atoms with Crippen molar-refractivity contribution in [3.05, 3.63) is 51.6 Å². The quantitative estimate of drug-likeness (QED) is 0.113. The SMILES string of the molecule is CC.CC.CC.CO.CO[C@@H]1COCCN1.CO[C@H]1CCCCO1.COc1cccc2c1C(=O)c1c(O)c3c(c(O)c1C2=O)C[C@@H](C(=O)COC1(OCC(N)=O)CCCCC1)CC3. The molecule has 3 aliphatic carbocycles. The van der Waals surface area contributed by atoms with Gasteiger partial charge < -0.3 is 54.2 Å². The molecule has 2 saturated heterocycles. The number of ketones is 3. The van der Waals surface area contributed by atoms with Gasteiger partial charge >= 0.3 is 0 Å². The summed E-state index contributed by atoms with van der Waals surface area (Å²) in [5.74, 6) is -4.17. The fraction of sp³-hybridized carbons (Fsp3) is 0.660. The van der Waals surface area contributed by atoms with Crippen molar-refractivity contribution >= 4 is 23.3 Å². The van der Waals surface area contributed by atoms with Crippen LogP contribution in [-0.4, -0.2) is 125 Å². The third kappa shape index (κ3) is 15.9. The Morgan fingerprint density at radius 2 is 1.43 bits per heavy atom. The highest BCUT2D eigenvalue weighted by atomic mass is 16.7. The van der Waals surface area contributed by atoms with Gasteiger partial charge in [0, 0.05) is 69.9 Å². The molecular formula is C47H76N2O14. The molecule has 1 amide bonds. The Morgan fingerprint density at radius 1 is 0.794 bits per heavy atom. The Labute approximate surface area is 374 Å². The number of phenolic OH excluding ortho intramolecular Hbond substituents is 2. The molecule has 2 heterocycles. The standard InChI is InChI=1S/C29H31NO9.C6H12O2.C5H11NO2.3C2H6.CH4O/c1-37-20-7-5-6-17-22(20)28(36)24-23(26(17)34)27(35)18-12-15(8-9-16(18)25(24)33)19(31)13-38-29(39-14-21(30)32)10-3-2-4-11-29;1-7-6-4-2-3-5-8-6;1-7-5-4-8-3-2-6-5;4*1-2/h5-7,15,33,35H,2-4,8-14H2,1H3,(H2,30,32);6H,2-5H2,1H3;5-6H,2-4H2,1H3;3*1-2H3;2H,1H3/t15-;6-;5-;;;;/m011..../s1. The molecule has 0 radical (unpaired) electrons. The molecular weight excluding hydrogens is 817 g/mol. The van der Waals surface area contributed by atoms with E-state index in [2.05, 4.69) is 5.32 Å². The Morgan fingerprint density at radius 3 is 1.95 bits per heavy atom. The molecule has 0 bridgehead atoms. The molecule has 16 nitrogen and oxygen atoms in total. The Bertz CT molecular complexity index is 1660.